The van der Waals surface area contributed by atoms with E-state index in [0.29, 0.717) is 22.5 Å². The number of hydrogen-bond donors (Lipinski definition) is 3. The van der Waals surface area contributed by atoms with E-state index in [1.807, 2.05) is 29.6 Å². The minimum atomic E-state index is -3.68. The van der Waals surface area contributed by atoms with Gasteiger partial charge in [0.1, 0.15) is 0 Å². The van der Waals surface area contributed by atoms with Gasteiger partial charge in [0, 0.05) is 24.7 Å². The summed E-state index contributed by atoms with van der Waals surface area (Å²) >= 11 is 1.60. The highest BCUT2D eigenvalue weighted by Crippen LogP contribution is 2.58. The standard InChI is InChI=1S/C20H21N2O5PS/c1-26-28(25,27-2)20(24)14-7-5-13(6-8-14)19(23)22-17-12-15(9-10-16(17)21)18-4-3-11-29-18/h3-12,20,24H,21H2,1-2H3,(H,22,23). The third-order valence-corrected chi connectivity index (χ3v) is 7.22. The van der Waals surface area contributed by atoms with Crippen LogP contribution in [0.25, 0.3) is 10.4 Å². The molecule has 0 spiro atoms. The number of carbonyl (C=O) groups is 1. The maximum Gasteiger partial charge on any atom is 0.362 e. The van der Waals surface area contributed by atoms with Crippen LogP contribution in [0.3, 0.4) is 0 Å². The van der Waals surface area contributed by atoms with E-state index < -0.39 is 13.4 Å². The highest BCUT2D eigenvalue weighted by Gasteiger charge is 2.33. The molecule has 29 heavy (non-hydrogen) atoms. The molecule has 1 amide bonds. The average Bonchev–Trinajstić information content (AvgIpc) is 3.29. The van der Waals surface area contributed by atoms with Gasteiger partial charge in [0.2, 0.25) is 0 Å². The van der Waals surface area contributed by atoms with Crippen LogP contribution in [0.5, 0.6) is 0 Å². The van der Waals surface area contributed by atoms with Crippen molar-refractivity contribution in [2.24, 2.45) is 0 Å². The Kier molecular flexibility index (Phi) is 6.52. The van der Waals surface area contributed by atoms with Gasteiger partial charge in [0.25, 0.3) is 5.91 Å². The lowest BCUT2D eigenvalue weighted by Crippen LogP contribution is -2.13. The van der Waals surface area contributed by atoms with Gasteiger partial charge in [0.15, 0.2) is 5.85 Å². The molecule has 0 saturated carbocycles. The van der Waals surface area contributed by atoms with Crippen LogP contribution in [0.15, 0.2) is 60.0 Å². The molecule has 3 rings (SSSR count). The number of aliphatic hydroxyl groups is 1. The van der Waals surface area contributed by atoms with E-state index in [4.69, 9.17) is 14.8 Å². The van der Waals surface area contributed by atoms with Gasteiger partial charge in [-0.25, -0.2) is 0 Å². The number of benzene rings is 2. The number of nitrogen functional groups attached to an aromatic ring is 1. The molecule has 0 aliphatic heterocycles. The normalized spacial score (nSPS) is 12.5. The van der Waals surface area contributed by atoms with Gasteiger partial charge in [-0.3, -0.25) is 9.36 Å². The van der Waals surface area contributed by atoms with E-state index in [-0.39, 0.29) is 5.91 Å². The Hall–Kier alpha value is -2.48. The second-order valence-corrected chi connectivity index (χ2v) is 9.38. The Morgan fingerprint density at radius 2 is 1.83 bits per heavy atom. The number of thiophene rings is 1. The molecule has 4 N–H and O–H groups in total. The SMILES string of the molecule is COP(=O)(OC)C(O)c1ccc(C(=O)Nc2cc(-c3cccs3)ccc2N)cc1. The van der Waals surface area contributed by atoms with Crippen LogP contribution in [-0.2, 0) is 13.6 Å². The third kappa shape index (κ3) is 4.58. The third-order valence-electron chi connectivity index (χ3n) is 4.39. The quantitative estimate of drug-likeness (QED) is 0.368. The maximum absolute atomic E-state index is 12.6. The molecule has 1 unspecified atom stereocenters. The van der Waals surface area contributed by atoms with Crippen LogP contribution in [0.2, 0.25) is 0 Å². The summed E-state index contributed by atoms with van der Waals surface area (Å²) in [6.07, 6.45) is 0. The first-order valence-electron chi connectivity index (χ1n) is 8.62. The second-order valence-electron chi connectivity index (χ2n) is 6.13. The van der Waals surface area contributed by atoms with E-state index in [1.54, 1.807) is 17.4 Å². The lowest BCUT2D eigenvalue weighted by molar-refractivity contribution is 0.102. The highest BCUT2D eigenvalue weighted by atomic mass is 32.1. The summed E-state index contributed by atoms with van der Waals surface area (Å²) in [4.78, 5) is 13.7. The van der Waals surface area contributed by atoms with Crippen molar-refractivity contribution in [3.05, 3.63) is 71.1 Å². The van der Waals surface area contributed by atoms with E-state index >= 15 is 0 Å². The van der Waals surface area contributed by atoms with Crippen molar-refractivity contribution in [3.8, 4) is 10.4 Å². The monoisotopic (exact) mass is 432 g/mol. The molecule has 0 aliphatic rings. The van der Waals surface area contributed by atoms with Crippen LogP contribution in [0.1, 0.15) is 21.8 Å². The second kappa shape index (κ2) is 8.90. The van der Waals surface area contributed by atoms with Gasteiger partial charge in [-0.05, 0) is 46.8 Å². The van der Waals surface area contributed by atoms with Gasteiger partial charge in [-0.15, -0.1) is 11.3 Å². The van der Waals surface area contributed by atoms with Crippen LogP contribution in [0.4, 0.5) is 11.4 Å². The Morgan fingerprint density at radius 3 is 2.41 bits per heavy atom. The predicted molar refractivity (Wildman–Crippen MR) is 115 cm³/mol. The van der Waals surface area contributed by atoms with Gasteiger partial charge >= 0.3 is 7.60 Å². The number of hydrogen-bond acceptors (Lipinski definition) is 7. The molecule has 1 heterocycles. The van der Waals surface area contributed by atoms with E-state index in [0.717, 1.165) is 10.4 Å². The summed E-state index contributed by atoms with van der Waals surface area (Å²) in [7, 11) is -1.29. The first kappa shape index (κ1) is 21.2. The maximum atomic E-state index is 12.6. The summed E-state index contributed by atoms with van der Waals surface area (Å²) in [5.74, 6) is -1.81. The zero-order valence-electron chi connectivity index (χ0n) is 15.9. The lowest BCUT2D eigenvalue weighted by Gasteiger charge is -2.20. The smallest absolute Gasteiger partial charge is 0.362 e. The Morgan fingerprint density at radius 1 is 1.14 bits per heavy atom. The molecule has 1 aromatic heterocycles. The highest BCUT2D eigenvalue weighted by molar-refractivity contribution is 7.54. The van der Waals surface area contributed by atoms with Crippen molar-refractivity contribution >= 4 is 36.2 Å². The van der Waals surface area contributed by atoms with Gasteiger partial charge in [-0.1, -0.05) is 24.3 Å². The zero-order valence-corrected chi connectivity index (χ0v) is 17.6. The minimum absolute atomic E-state index is 0.313. The number of aliphatic hydroxyl groups excluding tert-OH is 1. The number of rotatable bonds is 7. The number of carbonyl (C=O) groups excluding carboxylic acids is 1. The molecule has 9 heteroatoms. The van der Waals surface area contributed by atoms with Gasteiger partial charge in [-0.2, -0.15) is 0 Å². The summed E-state index contributed by atoms with van der Waals surface area (Å²) in [5.41, 5.74) is 8.59. The first-order valence-corrected chi connectivity index (χ1v) is 11.1. The van der Waals surface area contributed by atoms with E-state index in [1.165, 1.54) is 38.5 Å². The predicted octanol–water partition coefficient (Wildman–Crippen LogP) is 4.73. The summed E-state index contributed by atoms with van der Waals surface area (Å²) < 4.78 is 21.9. The topological polar surface area (TPSA) is 111 Å². The summed E-state index contributed by atoms with van der Waals surface area (Å²) in [6.45, 7) is 0. The molecule has 0 radical (unpaired) electrons. The fraction of sp³-hybridized carbons (Fsp3) is 0.150. The molecular weight excluding hydrogens is 411 g/mol. The first-order chi connectivity index (χ1) is 13.9. The Balaban J connectivity index is 1.78. The van der Waals surface area contributed by atoms with Crippen LogP contribution in [0, 0.1) is 0 Å². The van der Waals surface area contributed by atoms with E-state index in [2.05, 4.69) is 5.32 Å². The fourth-order valence-electron chi connectivity index (χ4n) is 2.72. The molecule has 0 fully saturated rings. The average molecular weight is 432 g/mol. The number of nitrogens with two attached hydrogens (primary N) is 1. The number of anilines is 2. The van der Waals surface area contributed by atoms with Gasteiger partial charge < -0.3 is 25.2 Å². The fourth-order valence-corrected chi connectivity index (χ4v) is 4.53. The Labute approximate surface area is 172 Å². The van der Waals surface area contributed by atoms with Crippen LogP contribution >= 0.6 is 18.9 Å². The van der Waals surface area contributed by atoms with Gasteiger partial charge in [0.05, 0.1) is 11.4 Å². The lowest BCUT2D eigenvalue weighted by atomic mass is 10.1. The molecule has 7 nitrogen and oxygen atoms in total. The molecule has 0 aliphatic carbocycles. The molecule has 1 atom stereocenters. The largest absolute Gasteiger partial charge is 0.397 e. The molecule has 0 bridgehead atoms. The van der Waals surface area contributed by atoms with Crippen molar-refractivity contribution < 1.29 is 23.5 Å². The van der Waals surface area contributed by atoms with Crippen molar-refractivity contribution in [2.75, 3.05) is 25.3 Å². The Bertz CT molecular complexity index is 1030. The molecule has 2 aromatic carbocycles. The minimum Gasteiger partial charge on any atom is -0.397 e. The molecule has 3 aromatic rings. The number of amides is 1. The molecule has 152 valence electrons. The van der Waals surface area contributed by atoms with E-state index in [9.17, 15) is 14.5 Å². The van der Waals surface area contributed by atoms with Crippen molar-refractivity contribution in [1.29, 1.82) is 0 Å². The van der Waals surface area contributed by atoms with Crippen molar-refractivity contribution in [3.63, 3.8) is 0 Å². The summed E-state index contributed by atoms with van der Waals surface area (Å²) in [6, 6.07) is 15.4. The zero-order chi connectivity index (χ0) is 21.0. The molecule has 0 saturated heterocycles. The van der Waals surface area contributed by atoms with Crippen LogP contribution < -0.4 is 11.1 Å². The van der Waals surface area contributed by atoms with Crippen LogP contribution in [-0.4, -0.2) is 25.2 Å². The van der Waals surface area contributed by atoms with Crippen molar-refractivity contribution in [2.45, 2.75) is 5.85 Å². The number of nitrogens with one attached hydrogen (secondary N) is 1. The summed E-state index contributed by atoms with van der Waals surface area (Å²) in [5, 5.41) is 15.0. The van der Waals surface area contributed by atoms with Crippen molar-refractivity contribution in [1.82, 2.24) is 0 Å². The molecular formula is C20H21N2O5PS.